The summed E-state index contributed by atoms with van der Waals surface area (Å²) in [6, 6.07) is -1.03. The molecule has 1 amide bonds. The number of aliphatic hydroxyl groups is 1. The Morgan fingerprint density at radius 3 is 2.80 bits per heavy atom. The molecule has 0 bridgehead atoms. The summed E-state index contributed by atoms with van der Waals surface area (Å²) in [5.41, 5.74) is 0. The summed E-state index contributed by atoms with van der Waals surface area (Å²) in [5, 5.41) is 19.4. The Morgan fingerprint density at radius 1 is 1.67 bits per heavy atom. The van der Waals surface area contributed by atoms with Gasteiger partial charge in [0.05, 0.1) is 18.5 Å². The number of carbonyl (C=O) groups is 2. The monoisotopic (exact) mass is 223 g/mol. The second-order valence-electron chi connectivity index (χ2n) is 3.41. The molecule has 0 spiro atoms. The van der Waals surface area contributed by atoms with Crippen molar-refractivity contribution in [1.82, 2.24) is 4.90 Å². The van der Waals surface area contributed by atoms with E-state index in [1.165, 1.54) is 4.90 Å². The first-order valence-electron chi connectivity index (χ1n) is 4.43. The zero-order valence-corrected chi connectivity index (χ0v) is 10.4. The fraction of sp³-hybridized carbons (Fsp3) is 0.750. The molecule has 0 aromatic heterocycles. The van der Waals surface area contributed by atoms with Gasteiger partial charge >= 0.3 is 29.6 Å². The molecule has 2 saturated heterocycles. The van der Waals surface area contributed by atoms with Gasteiger partial charge in [0, 0.05) is 6.61 Å². The van der Waals surface area contributed by atoms with Crippen molar-refractivity contribution in [2.45, 2.75) is 31.2 Å². The maximum absolute atomic E-state index is 11.1. The van der Waals surface area contributed by atoms with Crippen molar-refractivity contribution in [2.75, 3.05) is 6.61 Å². The minimum Gasteiger partial charge on any atom is -0.548 e. The number of nitrogens with zero attached hydrogens (tertiary/aromatic N) is 1. The topological polar surface area (TPSA) is 89.9 Å². The SMILES string of the molecule is O=C([O-])C1C(CCO)OC2CC(=O)N21.[Na+]. The molecule has 2 aliphatic heterocycles. The summed E-state index contributed by atoms with van der Waals surface area (Å²) in [7, 11) is 0. The van der Waals surface area contributed by atoms with Crippen molar-refractivity contribution >= 4 is 11.9 Å². The van der Waals surface area contributed by atoms with E-state index in [0.29, 0.717) is 0 Å². The van der Waals surface area contributed by atoms with E-state index in [-0.39, 0.29) is 54.9 Å². The Morgan fingerprint density at radius 2 is 2.33 bits per heavy atom. The number of carbonyl (C=O) groups excluding carboxylic acids is 2. The van der Waals surface area contributed by atoms with Gasteiger partial charge in [0.1, 0.15) is 12.3 Å². The number of hydrogen-bond donors (Lipinski definition) is 1. The summed E-state index contributed by atoms with van der Waals surface area (Å²) >= 11 is 0. The number of hydrogen-bond acceptors (Lipinski definition) is 5. The molecule has 2 rings (SSSR count). The Balaban J connectivity index is 0.00000112. The molecule has 6 nitrogen and oxygen atoms in total. The molecule has 78 valence electrons. The van der Waals surface area contributed by atoms with Crippen LogP contribution in [0.5, 0.6) is 0 Å². The molecular formula is C8H10NNaO5. The van der Waals surface area contributed by atoms with Crippen LogP contribution in [0.3, 0.4) is 0 Å². The molecule has 2 aliphatic rings. The Kier molecular flexibility index (Phi) is 4.13. The average molecular weight is 223 g/mol. The van der Waals surface area contributed by atoms with Crippen LogP contribution in [0, 0.1) is 0 Å². The maximum atomic E-state index is 11.1. The van der Waals surface area contributed by atoms with E-state index in [1.807, 2.05) is 0 Å². The van der Waals surface area contributed by atoms with Gasteiger partial charge < -0.3 is 24.6 Å². The van der Waals surface area contributed by atoms with E-state index in [0.717, 1.165) is 0 Å². The molecule has 3 atom stereocenters. The number of aliphatic carboxylic acids is 1. The molecule has 2 fully saturated rings. The molecule has 7 heteroatoms. The first kappa shape index (κ1) is 12.9. The summed E-state index contributed by atoms with van der Waals surface area (Å²) in [5.74, 6) is -1.55. The van der Waals surface area contributed by atoms with Crippen LogP contribution in [0.2, 0.25) is 0 Å². The Bertz CT molecular complexity index is 284. The van der Waals surface area contributed by atoms with Gasteiger partial charge in [-0.05, 0) is 6.42 Å². The number of aliphatic hydroxyl groups excluding tert-OH is 1. The molecular weight excluding hydrogens is 213 g/mol. The van der Waals surface area contributed by atoms with E-state index < -0.39 is 24.3 Å². The van der Waals surface area contributed by atoms with Crippen molar-refractivity contribution in [1.29, 1.82) is 0 Å². The molecule has 15 heavy (non-hydrogen) atoms. The third-order valence-corrected chi connectivity index (χ3v) is 2.59. The van der Waals surface area contributed by atoms with E-state index in [9.17, 15) is 14.7 Å². The quantitative estimate of drug-likeness (QED) is 0.380. The third kappa shape index (κ3) is 2.05. The number of β-lactam (4-membered cyclic amide) rings is 1. The summed E-state index contributed by atoms with van der Waals surface area (Å²) in [6.07, 6.45) is -0.631. The van der Waals surface area contributed by atoms with Crippen molar-refractivity contribution in [3.05, 3.63) is 0 Å². The van der Waals surface area contributed by atoms with Gasteiger partial charge in [0.25, 0.3) is 0 Å². The molecule has 0 saturated carbocycles. The zero-order chi connectivity index (χ0) is 10.3. The van der Waals surface area contributed by atoms with E-state index in [1.54, 1.807) is 0 Å². The van der Waals surface area contributed by atoms with Crippen LogP contribution in [0.4, 0.5) is 0 Å². The largest absolute Gasteiger partial charge is 1.00 e. The van der Waals surface area contributed by atoms with Crippen LogP contribution in [0.25, 0.3) is 0 Å². The smallest absolute Gasteiger partial charge is 0.548 e. The minimum absolute atomic E-state index is 0. The maximum Gasteiger partial charge on any atom is 1.00 e. The van der Waals surface area contributed by atoms with Gasteiger partial charge in [0.2, 0.25) is 5.91 Å². The van der Waals surface area contributed by atoms with E-state index in [4.69, 9.17) is 9.84 Å². The van der Waals surface area contributed by atoms with Crippen LogP contribution < -0.4 is 34.7 Å². The number of ether oxygens (including phenoxy) is 1. The summed E-state index contributed by atoms with van der Waals surface area (Å²) in [4.78, 5) is 23.0. The number of rotatable bonds is 3. The van der Waals surface area contributed by atoms with Crippen LogP contribution >= 0.6 is 0 Å². The van der Waals surface area contributed by atoms with Gasteiger partial charge in [-0.2, -0.15) is 0 Å². The van der Waals surface area contributed by atoms with Gasteiger partial charge in [-0.15, -0.1) is 0 Å². The Hall–Kier alpha value is -0.140. The molecule has 0 aliphatic carbocycles. The van der Waals surface area contributed by atoms with Crippen LogP contribution in [-0.2, 0) is 14.3 Å². The van der Waals surface area contributed by atoms with E-state index >= 15 is 0 Å². The molecule has 0 aromatic rings. The van der Waals surface area contributed by atoms with E-state index in [2.05, 4.69) is 0 Å². The van der Waals surface area contributed by atoms with Gasteiger partial charge in [-0.25, -0.2) is 0 Å². The van der Waals surface area contributed by atoms with Crippen LogP contribution in [0.15, 0.2) is 0 Å². The molecule has 1 N–H and O–H groups in total. The molecule has 3 unspecified atom stereocenters. The summed E-state index contributed by atoms with van der Waals surface area (Å²) in [6.45, 7) is -0.163. The number of fused-ring (bicyclic) bond motifs is 1. The van der Waals surface area contributed by atoms with Crippen LogP contribution in [-0.4, -0.2) is 46.9 Å². The van der Waals surface area contributed by atoms with Crippen molar-refractivity contribution in [3.63, 3.8) is 0 Å². The average Bonchev–Trinajstić information content (AvgIpc) is 2.39. The molecule has 2 heterocycles. The van der Waals surface area contributed by atoms with Gasteiger partial charge in [-0.3, -0.25) is 4.79 Å². The second-order valence-corrected chi connectivity index (χ2v) is 3.41. The number of carboxylic acid groups (broad SMARTS) is 1. The predicted molar refractivity (Wildman–Crippen MR) is 40.6 cm³/mol. The number of carboxylic acids is 1. The first-order chi connectivity index (χ1) is 6.65. The number of amides is 1. The fourth-order valence-electron chi connectivity index (χ4n) is 1.92. The fourth-order valence-corrected chi connectivity index (χ4v) is 1.92. The summed E-state index contributed by atoms with van der Waals surface area (Å²) < 4.78 is 5.27. The van der Waals surface area contributed by atoms with Crippen molar-refractivity contribution in [3.8, 4) is 0 Å². The third-order valence-electron chi connectivity index (χ3n) is 2.59. The molecule has 0 radical (unpaired) electrons. The van der Waals surface area contributed by atoms with Crippen LogP contribution in [0.1, 0.15) is 12.8 Å². The standard InChI is InChI=1S/C8H11NO5.Na/c10-2-1-4-7(8(12)13)9-5(11)3-6(9)14-4;/h4,6-7,10H,1-3H2,(H,12,13);/q;+1/p-1. The zero-order valence-electron chi connectivity index (χ0n) is 8.38. The minimum atomic E-state index is -1.32. The van der Waals surface area contributed by atoms with Gasteiger partial charge in [0.15, 0.2) is 0 Å². The van der Waals surface area contributed by atoms with Gasteiger partial charge in [-0.1, -0.05) is 0 Å². The van der Waals surface area contributed by atoms with Crippen molar-refractivity contribution < 1.29 is 54.1 Å². The van der Waals surface area contributed by atoms with Crippen molar-refractivity contribution in [2.24, 2.45) is 0 Å². The second kappa shape index (κ2) is 4.80. The normalized spacial score (nSPS) is 33.0. The first-order valence-corrected chi connectivity index (χ1v) is 4.43. The predicted octanol–water partition coefficient (Wildman–Crippen LogP) is -5.55. The molecule has 0 aromatic carbocycles. The Labute approximate surface area is 108 Å².